The Morgan fingerprint density at radius 3 is 2.40 bits per heavy atom. The number of carboxylic acid groups (broad SMARTS) is 2. The van der Waals surface area contributed by atoms with Crippen molar-refractivity contribution in [1.82, 2.24) is 4.90 Å². The first-order chi connectivity index (χ1) is 9.41. The molecule has 20 heavy (non-hydrogen) atoms. The fourth-order valence-corrected chi connectivity index (χ4v) is 2.42. The van der Waals surface area contributed by atoms with Crippen LogP contribution in [-0.4, -0.2) is 46.0 Å². The zero-order chi connectivity index (χ0) is 14.9. The molecule has 7 heteroatoms. The first-order valence-electron chi connectivity index (χ1n) is 6.20. The quantitative estimate of drug-likeness (QED) is 0.849. The number of hydrogen-bond donors (Lipinski definition) is 2. The van der Waals surface area contributed by atoms with Gasteiger partial charge >= 0.3 is 11.9 Å². The SMILES string of the molecule is Cc1ccoc1C(=O)N1CCC(C(=O)O)C(C(=O)O)C1. The number of aryl methyl sites for hydroxylation is 1. The first-order valence-corrected chi connectivity index (χ1v) is 6.20. The number of carbonyl (C=O) groups excluding carboxylic acids is 1. The number of aliphatic carboxylic acids is 2. The van der Waals surface area contributed by atoms with Crippen LogP contribution in [0.15, 0.2) is 16.7 Å². The third kappa shape index (κ3) is 2.52. The number of hydrogen-bond acceptors (Lipinski definition) is 4. The monoisotopic (exact) mass is 281 g/mol. The van der Waals surface area contributed by atoms with Crippen molar-refractivity contribution in [1.29, 1.82) is 0 Å². The summed E-state index contributed by atoms with van der Waals surface area (Å²) in [6.07, 6.45) is 1.51. The lowest BCUT2D eigenvalue weighted by molar-refractivity contribution is -0.156. The summed E-state index contributed by atoms with van der Waals surface area (Å²) in [5, 5.41) is 18.1. The van der Waals surface area contributed by atoms with Gasteiger partial charge in [0.25, 0.3) is 5.91 Å². The molecule has 1 aromatic rings. The van der Waals surface area contributed by atoms with E-state index in [-0.39, 0.29) is 25.3 Å². The van der Waals surface area contributed by atoms with Crippen LogP contribution in [0, 0.1) is 18.8 Å². The molecular formula is C13H15NO6. The van der Waals surface area contributed by atoms with Crippen molar-refractivity contribution in [3.63, 3.8) is 0 Å². The van der Waals surface area contributed by atoms with E-state index in [1.807, 2.05) is 0 Å². The largest absolute Gasteiger partial charge is 0.481 e. The van der Waals surface area contributed by atoms with Gasteiger partial charge in [0, 0.05) is 18.7 Å². The fourth-order valence-electron chi connectivity index (χ4n) is 2.42. The molecule has 1 saturated heterocycles. The third-order valence-electron chi connectivity index (χ3n) is 3.59. The van der Waals surface area contributed by atoms with Gasteiger partial charge in [-0.15, -0.1) is 0 Å². The van der Waals surface area contributed by atoms with Gasteiger partial charge in [0.15, 0.2) is 5.76 Å². The van der Waals surface area contributed by atoms with Crippen molar-refractivity contribution in [3.05, 3.63) is 23.7 Å². The van der Waals surface area contributed by atoms with Gasteiger partial charge in [0.05, 0.1) is 18.1 Å². The third-order valence-corrected chi connectivity index (χ3v) is 3.59. The van der Waals surface area contributed by atoms with Gasteiger partial charge in [-0.2, -0.15) is 0 Å². The highest BCUT2D eigenvalue weighted by Gasteiger charge is 2.40. The number of amides is 1. The van der Waals surface area contributed by atoms with Crippen molar-refractivity contribution < 1.29 is 29.0 Å². The number of carbonyl (C=O) groups is 3. The summed E-state index contributed by atoms with van der Waals surface area (Å²) >= 11 is 0. The number of furan rings is 1. The molecule has 2 atom stereocenters. The molecule has 0 aromatic carbocycles. The van der Waals surface area contributed by atoms with Crippen LogP contribution in [0.4, 0.5) is 0 Å². The van der Waals surface area contributed by atoms with E-state index in [2.05, 4.69) is 0 Å². The fraction of sp³-hybridized carbons (Fsp3) is 0.462. The Bertz CT molecular complexity index is 549. The highest BCUT2D eigenvalue weighted by Crippen LogP contribution is 2.26. The summed E-state index contributed by atoms with van der Waals surface area (Å²) in [5.74, 6) is -4.63. The van der Waals surface area contributed by atoms with Crippen LogP contribution < -0.4 is 0 Å². The molecule has 1 aliphatic rings. The molecule has 1 amide bonds. The van der Waals surface area contributed by atoms with Crippen LogP contribution in [0.2, 0.25) is 0 Å². The number of rotatable bonds is 3. The van der Waals surface area contributed by atoms with Gasteiger partial charge in [0.1, 0.15) is 0 Å². The second kappa shape index (κ2) is 5.36. The van der Waals surface area contributed by atoms with Gasteiger partial charge in [0.2, 0.25) is 0 Å². The second-order valence-electron chi connectivity index (χ2n) is 4.86. The van der Waals surface area contributed by atoms with E-state index >= 15 is 0 Å². The number of piperidine rings is 1. The lowest BCUT2D eigenvalue weighted by atomic mass is 9.85. The van der Waals surface area contributed by atoms with Crippen molar-refractivity contribution in [2.45, 2.75) is 13.3 Å². The standard InChI is InChI=1S/C13H15NO6/c1-7-3-5-20-10(7)11(15)14-4-2-8(12(16)17)9(6-14)13(18)19/h3,5,8-9H,2,4,6H2,1H3,(H,16,17)(H,18,19). The summed E-state index contributed by atoms with van der Waals surface area (Å²) in [7, 11) is 0. The minimum Gasteiger partial charge on any atom is -0.481 e. The van der Waals surface area contributed by atoms with Gasteiger partial charge in [-0.3, -0.25) is 14.4 Å². The molecule has 108 valence electrons. The van der Waals surface area contributed by atoms with Crippen LogP contribution in [0.5, 0.6) is 0 Å². The van der Waals surface area contributed by atoms with Gasteiger partial charge in [-0.05, 0) is 19.4 Å². The van der Waals surface area contributed by atoms with E-state index in [4.69, 9.17) is 14.6 Å². The molecule has 2 N–H and O–H groups in total. The van der Waals surface area contributed by atoms with Crippen molar-refractivity contribution in [2.75, 3.05) is 13.1 Å². The normalized spacial score (nSPS) is 22.6. The molecule has 0 aliphatic carbocycles. The Balaban J connectivity index is 2.17. The highest BCUT2D eigenvalue weighted by molar-refractivity contribution is 5.93. The molecular weight excluding hydrogens is 266 g/mol. The first kappa shape index (κ1) is 14.1. The van der Waals surface area contributed by atoms with Gasteiger partial charge < -0.3 is 19.5 Å². The topological polar surface area (TPSA) is 108 Å². The predicted molar refractivity (Wildman–Crippen MR) is 66.2 cm³/mol. The molecule has 0 bridgehead atoms. The zero-order valence-electron chi connectivity index (χ0n) is 10.9. The van der Waals surface area contributed by atoms with Crippen molar-refractivity contribution in [2.24, 2.45) is 11.8 Å². The summed E-state index contributed by atoms with van der Waals surface area (Å²) in [4.78, 5) is 35.8. The van der Waals surface area contributed by atoms with E-state index in [1.54, 1.807) is 13.0 Å². The Morgan fingerprint density at radius 2 is 1.90 bits per heavy atom. The van der Waals surface area contributed by atoms with Crippen molar-refractivity contribution >= 4 is 17.8 Å². The Labute approximate surface area is 114 Å². The average Bonchev–Trinajstić information content (AvgIpc) is 2.83. The van der Waals surface area contributed by atoms with Crippen LogP contribution in [0.3, 0.4) is 0 Å². The summed E-state index contributed by atoms with van der Waals surface area (Å²) in [6.45, 7) is 1.81. The smallest absolute Gasteiger partial charge is 0.309 e. The lowest BCUT2D eigenvalue weighted by Gasteiger charge is -2.34. The minimum absolute atomic E-state index is 0.120. The number of nitrogens with zero attached hydrogens (tertiary/aromatic N) is 1. The van der Waals surface area contributed by atoms with Crippen molar-refractivity contribution in [3.8, 4) is 0 Å². The molecule has 1 aliphatic heterocycles. The Kier molecular flexibility index (Phi) is 3.78. The second-order valence-corrected chi connectivity index (χ2v) is 4.86. The van der Waals surface area contributed by atoms with Crippen LogP contribution in [0.25, 0.3) is 0 Å². The maximum absolute atomic E-state index is 12.2. The number of likely N-dealkylation sites (tertiary alicyclic amines) is 1. The zero-order valence-corrected chi connectivity index (χ0v) is 10.9. The molecule has 7 nitrogen and oxygen atoms in total. The Morgan fingerprint density at radius 1 is 1.25 bits per heavy atom. The molecule has 0 radical (unpaired) electrons. The summed E-state index contributed by atoms with van der Waals surface area (Å²) in [5.41, 5.74) is 0.669. The maximum Gasteiger partial charge on any atom is 0.309 e. The highest BCUT2D eigenvalue weighted by atomic mass is 16.4. The molecule has 2 rings (SSSR count). The summed E-state index contributed by atoms with van der Waals surface area (Å²) < 4.78 is 5.09. The molecule has 0 spiro atoms. The maximum atomic E-state index is 12.2. The minimum atomic E-state index is -1.20. The molecule has 2 unspecified atom stereocenters. The van der Waals surface area contributed by atoms with E-state index in [0.717, 1.165) is 0 Å². The Hall–Kier alpha value is -2.31. The number of carboxylic acids is 2. The molecule has 0 saturated carbocycles. The average molecular weight is 281 g/mol. The summed E-state index contributed by atoms with van der Waals surface area (Å²) in [6, 6.07) is 1.64. The molecule has 2 heterocycles. The van der Waals surface area contributed by atoms with E-state index in [9.17, 15) is 14.4 Å². The molecule has 1 aromatic heterocycles. The van der Waals surface area contributed by atoms with Crippen LogP contribution >= 0.6 is 0 Å². The van der Waals surface area contributed by atoms with E-state index in [0.29, 0.717) is 5.56 Å². The van der Waals surface area contributed by atoms with Crippen LogP contribution in [-0.2, 0) is 9.59 Å². The molecule has 1 fully saturated rings. The lowest BCUT2D eigenvalue weighted by Crippen LogP contribution is -2.48. The van der Waals surface area contributed by atoms with E-state index in [1.165, 1.54) is 11.2 Å². The van der Waals surface area contributed by atoms with Crippen LogP contribution in [0.1, 0.15) is 22.5 Å². The van der Waals surface area contributed by atoms with E-state index < -0.39 is 29.7 Å². The predicted octanol–water partition coefficient (Wildman–Crippen LogP) is 0.836. The van der Waals surface area contributed by atoms with Gasteiger partial charge in [-0.1, -0.05) is 0 Å². The van der Waals surface area contributed by atoms with Gasteiger partial charge in [-0.25, -0.2) is 0 Å².